The van der Waals surface area contributed by atoms with Crippen molar-refractivity contribution < 1.29 is 0 Å². The quantitative estimate of drug-likeness (QED) is 0.577. The second kappa shape index (κ2) is 4.05. The van der Waals surface area contributed by atoms with Gasteiger partial charge in [0, 0.05) is 9.49 Å². The molecule has 1 aromatic carbocycles. The van der Waals surface area contributed by atoms with Crippen LogP contribution in [0.15, 0.2) is 30.9 Å². The van der Waals surface area contributed by atoms with E-state index in [1.807, 2.05) is 6.08 Å². The number of rotatable bonds is 3. The van der Waals surface area contributed by atoms with Crippen molar-refractivity contribution in [3.8, 4) is 0 Å². The Balaban J connectivity index is 2.35. The Bertz CT molecular complexity index is 350. The molecule has 1 heteroatoms. The fourth-order valence-electron chi connectivity index (χ4n) is 1.64. The van der Waals surface area contributed by atoms with E-state index in [0.29, 0.717) is 0 Å². The van der Waals surface area contributed by atoms with Gasteiger partial charge in [-0.15, -0.1) is 6.58 Å². The van der Waals surface area contributed by atoms with Gasteiger partial charge in [0.25, 0.3) is 0 Å². The van der Waals surface area contributed by atoms with Crippen LogP contribution < -0.4 is 0 Å². The van der Waals surface area contributed by atoms with Crippen LogP contribution in [-0.2, 0) is 0 Å². The van der Waals surface area contributed by atoms with Gasteiger partial charge in [0.1, 0.15) is 0 Å². The normalized spacial score (nSPS) is 17.9. The third-order valence-electron chi connectivity index (χ3n) is 2.70. The lowest BCUT2D eigenvalue weighted by molar-refractivity contribution is 1.04. The second-order valence-electron chi connectivity index (χ2n) is 3.93. The van der Waals surface area contributed by atoms with Gasteiger partial charge in [0.05, 0.1) is 0 Å². The van der Waals surface area contributed by atoms with Crippen LogP contribution in [0.4, 0.5) is 0 Å². The van der Waals surface area contributed by atoms with Gasteiger partial charge in [-0.05, 0) is 71.5 Å². The number of hydrogen-bond acceptors (Lipinski definition) is 0. The number of halogens is 1. The maximum Gasteiger partial charge on any atom is 0.0136 e. The van der Waals surface area contributed by atoms with Crippen LogP contribution in [0, 0.1) is 10.5 Å². The fourth-order valence-corrected chi connectivity index (χ4v) is 2.36. The Labute approximate surface area is 99.6 Å². The molecule has 0 amide bonds. The molecular weight excluding hydrogens is 283 g/mol. The molecule has 0 aliphatic heterocycles. The van der Waals surface area contributed by atoms with Crippen LogP contribution in [0.25, 0.3) is 0 Å². The van der Waals surface area contributed by atoms with Crippen molar-refractivity contribution in [1.82, 2.24) is 0 Å². The molecule has 1 unspecified atom stereocenters. The molecule has 1 saturated carbocycles. The van der Waals surface area contributed by atoms with Crippen LogP contribution in [0.3, 0.4) is 0 Å². The lowest BCUT2D eigenvalue weighted by atomic mass is 9.98. The SMILES string of the molecule is [CH2]C(C=C)c1cc(I)cc(C2CC2)c1. The van der Waals surface area contributed by atoms with Gasteiger partial charge in [-0.1, -0.05) is 12.1 Å². The highest BCUT2D eigenvalue weighted by molar-refractivity contribution is 14.1. The van der Waals surface area contributed by atoms with Crippen LogP contribution >= 0.6 is 22.6 Å². The van der Waals surface area contributed by atoms with Crippen molar-refractivity contribution in [2.75, 3.05) is 0 Å². The molecule has 0 saturated heterocycles. The van der Waals surface area contributed by atoms with Gasteiger partial charge >= 0.3 is 0 Å². The zero-order valence-corrected chi connectivity index (χ0v) is 10.3. The predicted octanol–water partition coefficient (Wildman–Crippen LogP) is 4.27. The molecule has 1 radical (unpaired) electrons. The predicted molar refractivity (Wildman–Crippen MR) is 69.4 cm³/mol. The molecule has 0 bridgehead atoms. The van der Waals surface area contributed by atoms with E-state index >= 15 is 0 Å². The molecule has 1 fully saturated rings. The first-order valence-electron chi connectivity index (χ1n) is 4.96. The van der Waals surface area contributed by atoms with Crippen molar-refractivity contribution in [2.24, 2.45) is 0 Å². The first-order chi connectivity index (χ1) is 6.70. The van der Waals surface area contributed by atoms with Gasteiger partial charge in [0.15, 0.2) is 0 Å². The van der Waals surface area contributed by atoms with E-state index in [-0.39, 0.29) is 5.92 Å². The topological polar surface area (TPSA) is 0 Å². The summed E-state index contributed by atoms with van der Waals surface area (Å²) in [7, 11) is 0. The van der Waals surface area contributed by atoms with Crippen molar-refractivity contribution in [1.29, 1.82) is 0 Å². The summed E-state index contributed by atoms with van der Waals surface area (Å²) in [5.74, 6) is 1.04. The summed E-state index contributed by atoms with van der Waals surface area (Å²) < 4.78 is 1.32. The molecule has 0 N–H and O–H groups in total. The highest BCUT2D eigenvalue weighted by Gasteiger charge is 2.24. The summed E-state index contributed by atoms with van der Waals surface area (Å²) in [6, 6.07) is 6.78. The van der Waals surface area contributed by atoms with Gasteiger partial charge in [-0.25, -0.2) is 0 Å². The maximum absolute atomic E-state index is 4.07. The Hall–Kier alpha value is -0.310. The lowest BCUT2D eigenvalue weighted by Crippen LogP contribution is -1.92. The maximum atomic E-state index is 4.07. The van der Waals surface area contributed by atoms with E-state index in [2.05, 4.69) is 54.3 Å². The van der Waals surface area contributed by atoms with Crippen LogP contribution in [0.5, 0.6) is 0 Å². The summed E-state index contributed by atoms with van der Waals surface area (Å²) in [4.78, 5) is 0. The van der Waals surface area contributed by atoms with Crippen molar-refractivity contribution in [2.45, 2.75) is 24.7 Å². The molecule has 14 heavy (non-hydrogen) atoms. The first-order valence-corrected chi connectivity index (χ1v) is 6.04. The fraction of sp³-hybridized carbons (Fsp3) is 0.308. The second-order valence-corrected chi connectivity index (χ2v) is 5.18. The first kappa shape index (κ1) is 10.2. The monoisotopic (exact) mass is 297 g/mol. The number of benzene rings is 1. The molecule has 0 aromatic heterocycles. The summed E-state index contributed by atoms with van der Waals surface area (Å²) in [6.45, 7) is 7.86. The van der Waals surface area contributed by atoms with Crippen molar-refractivity contribution in [3.63, 3.8) is 0 Å². The largest absolute Gasteiger partial charge is 0.102 e. The molecule has 73 valence electrons. The smallest absolute Gasteiger partial charge is 0.0136 e. The summed E-state index contributed by atoms with van der Waals surface area (Å²) >= 11 is 2.38. The molecule has 1 aromatic rings. The van der Waals surface area contributed by atoms with Gasteiger partial charge in [-0.3, -0.25) is 0 Å². The number of hydrogen-bond donors (Lipinski definition) is 0. The van der Waals surface area contributed by atoms with E-state index in [0.717, 1.165) is 5.92 Å². The number of allylic oxidation sites excluding steroid dienone is 1. The Morgan fingerprint density at radius 1 is 1.36 bits per heavy atom. The standard InChI is InChI=1S/C13H14I/c1-3-9(2)11-6-12(10-4-5-10)8-13(14)7-11/h3,6-10H,1-2,4-5H2. The molecular formula is C13H14I. The third kappa shape index (κ3) is 2.19. The molecule has 1 atom stereocenters. The average Bonchev–Trinajstić information content (AvgIpc) is 2.98. The molecule has 0 heterocycles. The van der Waals surface area contributed by atoms with E-state index in [4.69, 9.17) is 0 Å². The Morgan fingerprint density at radius 3 is 2.64 bits per heavy atom. The van der Waals surface area contributed by atoms with Crippen LogP contribution in [0.1, 0.15) is 35.8 Å². The summed E-state index contributed by atoms with van der Waals surface area (Å²) in [5.41, 5.74) is 2.79. The summed E-state index contributed by atoms with van der Waals surface area (Å²) in [6.07, 6.45) is 4.62. The van der Waals surface area contributed by atoms with E-state index < -0.39 is 0 Å². The highest BCUT2D eigenvalue weighted by Crippen LogP contribution is 2.41. The molecule has 1 aliphatic rings. The van der Waals surface area contributed by atoms with Crippen molar-refractivity contribution >= 4 is 22.6 Å². The van der Waals surface area contributed by atoms with E-state index in [1.54, 1.807) is 0 Å². The van der Waals surface area contributed by atoms with Crippen LogP contribution in [0.2, 0.25) is 0 Å². The minimum absolute atomic E-state index is 0.224. The Morgan fingerprint density at radius 2 is 2.07 bits per heavy atom. The molecule has 0 nitrogen and oxygen atoms in total. The van der Waals surface area contributed by atoms with Gasteiger partial charge < -0.3 is 0 Å². The minimum atomic E-state index is 0.224. The Kier molecular flexibility index (Phi) is 2.96. The van der Waals surface area contributed by atoms with Crippen molar-refractivity contribution in [3.05, 3.63) is 52.5 Å². The zero-order chi connectivity index (χ0) is 10.1. The average molecular weight is 297 g/mol. The summed E-state index contributed by atoms with van der Waals surface area (Å²) in [5, 5.41) is 0. The molecule has 2 rings (SSSR count). The third-order valence-corrected chi connectivity index (χ3v) is 3.33. The molecule has 0 spiro atoms. The van der Waals surface area contributed by atoms with E-state index in [1.165, 1.54) is 27.5 Å². The van der Waals surface area contributed by atoms with Gasteiger partial charge in [-0.2, -0.15) is 0 Å². The lowest BCUT2D eigenvalue weighted by Gasteiger charge is -2.09. The van der Waals surface area contributed by atoms with Gasteiger partial charge in [0.2, 0.25) is 0 Å². The highest BCUT2D eigenvalue weighted by atomic mass is 127. The van der Waals surface area contributed by atoms with E-state index in [9.17, 15) is 0 Å². The van der Waals surface area contributed by atoms with Crippen LogP contribution in [-0.4, -0.2) is 0 Å². The minimum Gasteiger partial charge on any atom is -0.102 e. The zero-order valence-electron chi connectivity index (χ0n) is 8.17. The molecule has 1 aliphatic carbocycles.